The molecule has 4 aliphatic heterocycles. The van der Waals surface area contributed by atoms with Crippen molar-refractivity contribution in [2.24, 2.45) is 11.8 Å². The molecule has 0 spiro atoms. The molecular weight excluding hydrogens is 387 g/mol. The number of aromatic nitrogens is 1. The number of benzene rings is 1. The Balaban J connectivity index is 1.54. The zero-order chi connectivity index (χ0) is 19.8. The van der Waals surface area contributed by atoms with Gasteiger partial charge in [-0.15, -0.1) is 6.58 Å². The van der Waals surface area contributed by atoms with Crippen molar-refractivity contribution >= 4 is 19.5 Å². The van der Waals surface area contributed by atoms with Gasteiger partial charge < -0.3 is 18.7 Å². The molecule has 154 valence electrons. The van der Waals surface area contributed by atoms with Crippen molar-refractivity contribution in [1.29, 1.82) is 0 Å². The van der Waals surface area contributed by atoms with E-state index in [-0.39, 0.29) is 6.10 Å². The second kappa shape index (κ2) is 8.29. The maximum absolute atomic E-state index is 6.55. The fourth-order valence-electron chi connectivity index (χ4n) is 5.18. The SMILES string of the molecule is C=C[C@H]1C[NH+]2CC[C@@H]1C[C@H]2[C@@H](OP1OCCO1)c1ccnc2ccc(OC)cc12. The van der Waals surface area contributed by atoms with E-state index in [4.69, 9.17) is 18.3 Å². The third-order valence-corrected chi connectivity index (χ3v) is 7.84. The summed E-state index contributed by atoms with van der Waals surface area (Å²) in [5, 5.41) is 1.08. The van der Waals surface area contributed by atoms with Crippen molar-refractivity contribution in [1.82, 2.24) is 4.98 Å². The first-order chi connectivity index (χ1) is 14.3. The van der Waals surface area contributed by atoms with Gasteiger partial charge in [-0.05, 0) is 35.7 Å². The first-order valence-corrected chi connectivity index (χ1v) is 11.5. The Bertz CT molecular complexity index is 888. The van der Waals surface area contributed by atoms with Crippen LogP contribution in [0.1, 0.15) is 24.5 Å². The number of ether oxygens (including phenoxy) is 1. The van der Waals surface area contributed by atoms with E-state index >= 15 is 0 Å². The van der Waals surface area contributed by atoms with Crippen LogP contribution >= 0.6 is 8.60 Å². The van der Waals surface area contributed by atoms with Crippen LogP contribution in [0.25, 0.3) is 10.9 Å². The minimum absolute atomic E-state index is 0.0969. The number of quaternary nitrogens is 1. The fraction of sp³-hybridized carbons (Fsp3) is 0.500. The van der Waals surface area contributed by atoms with Crippen LogP contribution in [0.4, 0.5) is 0 Å². The Morgan fingerprint density at radius 1 is 1.31 bits per heavy atom. The number of nitrogens with one attached hydrogen (secondary N) is 1. The van der Waals surface area contributed by atoms with Crippen molar-refractivity contribution in [3.8, 4) is 5.75 Å². The van der Waals surface area contributed by atoms with E-state index < -0.39 is 8.60 Å². The van der Waals surface area contributed by atoms with Gasteiger partial charge in [-0.3, -0.25) is 9.51 Å². The minimum atomic E-state index is -1.31. The summed E-state index contributed by atoms with van der Waals surface area (Å²) < 4.78 is 23.5. The first kappa shape index (κ1) is 19.4. The summed E-state index contributed by atoms with van der Waals surface area (Å²) in [7, 11) is 0.386. The molecule has 0 aliphatic carbocycles. The number of piperidine rings is 3. The van der Waals surface area contributed by atoms with Crippen LogP contribution in [0.3, 0.4) is 0 Å². The lowest BCUT2D eigenvalue weighted by molar-refractivity contribution is -0.949. The van der Waals surface area contributed by atoms with Crippen LogP contribution in [0.15, 0.2) is 43.1 Å². The van der Waals surface area contributed by atoms with Gasteiger partial charge in [0, 0.05) is 30.3 Å². The molecular formula is C22H28N2O4P+. The number of pyridine rings is 1. The number of hydrogen-bond donors (Lipinski definition) is 1. The molecule has 5 atom stereocenters. The summed E-state index contributed by atoms with van der Waals surface area (Å²) in [6.07, 6.45) is 6.33. The molecule has 1 unspecified atom stereocenters. The van der Waals surface area contributed by atoms with Crippen LogP contribution in [0.2, 0.25) is 0 Å². The summed E-state index contributed by atoms with van der Waals surface area (Å²) in [6.45, 7) is 7.59. The first-order valence-electron chi connectivity index (χ1n) is 10.4. The predicted molar refractivity (Wildman–Crippen MR) is 112 cm³/mol. The number of fused-ring (bicyclic) bond motifs is 4. The molecule has 4 fully saturated rings. The van der Waals surface area contributed by atoms with E-state index in [0.717, 1.165) is 35.2 Å². The summed E-state index contributed by atoms with van der Waals surface area (Å²) in [5.74, 6) is 2.12. The van der Waals surface area contributed by atoms with Crippen LogP contribution in [0.5, 0.6) is 5.75 Å². The number of nitrogens with zero attached hydrogens (tertiary/aromatic N) is 1. The Labute approximate surface area is 172 Å². The van der Waals surface area contributed by atoms with Gasteiger partial charge in [0.15, 0.2) is 0 Å². The van der Waals surface area contributed by atoms with Gasteiger partial charge in [0.2, 0.25) is 0 Å². The Morgan fingerprint density at radius 3 is 2.90 bits per heavy atom. The highest BCUT2D eigenvalue weighted by molar-refractivity contribution is 7.41. The van der Waals surface area contributed by atoms with Gasteiger partial charge in [-0.2, -0.15) is 0 Å². The molecule has 2 aromatic rings. The topological polar surface area (TPSA) is 54.2 Å². The van der Waals surface area contributed by atoms with E-state index in [1.165, 1.54) is 13.0 Å². The molecule has 29 heavy (non-hydrogen) atoms. The molecule has 1 aromatic carbocycles. The van der Waals surface area contributed by atoms with E-state index in [0.29, 0.717) is 31.1 Å². The highest BCUT2D eigenvalue weighted by atomic mass is 31.2. The third-order valence-electron chi connectivity index (χ3n) is 6.65. The third kappa shape index (κ3) is 3.69. The Morgan fingerprint density at radius 2 is 2.17 bits per heavy atom. The van der Waals surface area contributed by atoms with Crippen molar-refractivity contribution in [3.63, 3.8) is 0 Å². The highest BCUT2D eigenvalue weighted by Crippen LogP contribution is 2.50. The average molecular weight is 415 g/mol. The van der Waals surface area contributed by atoms with Gasteiger partial charge in [-0.1, -0.05) is 6.08 Å². The van der Waals surface area contributed by atoms with Crippen LogP contribution in [0, 0.1) is 11.8 Å². The summed E-state index contributed by atoms with van der Waals surface area (Å²) in [5.41, 5.74) is 2.10. The Kier molecular flexibility index (Phi) is 5.55. The molecule has 6 rings (SSSR count). The van der Waals surface area contributed by atoms with Gasteiger partial charge >= 0.3 is 8.60 Å². The summed E-state index contributed by atoms with van der Waals surface area (Å²) in [4.78, 5) is 6.16. The normalized spacial score (nSPS) is 30.5. The van der Waals surface area contributed by atoms with Gasteiger partial charge in [0.1, 0.15) is 17.9 Å². The zero-order valence-corrected chi connectivity index (χ0v) is 17.6. The number of methoxy groups -OCH3 is 1. The monoisotopic (exact) mass is 415 g/mol. The van der Waals surface area contributed by atoms with E-state index in [9.17, 15) is 0 Å². The molecule has 0 saturated carbocycles. The molecule has 1 aromatic heterocycles. The molecule has 2 bridgehead atoms. The summed E-state index contributed by atoms with van der Waals surface area (Å²) in [6, 6.07) is 8.49. The lowest BCUT2D eigenvalue weighted by atomic mass is 9.73. The predicted octanol–water partition coefficient (Wildman–Crippen LogP) is 3.05. The summed E-state index contributed by atoms with van der Waals surface area (Å²) >= 11 is 0. The van der Waals surface area contributed by atoms with Crippen LogP contribution < -0.4 is 9.64 Å². The maximum atomic E-state index is 6.55. The van der Waals surface area contributed by atoms with Gasteiger partial charge in [0.25, 0.3) is 0 Å². The second-order valence-electron chi connectivity index (χ2n) is 8.10. The number of hydrogen-bond acceptors (Lipinski definition) is 5. The lowest BCUT2D eigenvalue weighted by Crippen LogP contribution is -3.20. The second-order valence-corrected chi connectivity index (χ2v) is 9.28. The molecule has 4 aliphatic rings. The molecule has 1 N–H and O–H groups in total. The lowest BCUT2D eigenvalue weighted by Gasteiger charge is -2.48. The molecule has 5 heterocycles. The number of rotatable bonds is 6. The zero-order valence-electron chi connectivity index (χ0n) is 16.8. The molecule has 0 amide bonds. The van der Waals surface area contributed by atoms with Crippen molar-refractivity contribution in [3.05, 3.63) is 48.7 Å². The quantitative estimate of drug-likeness (QED) is 0.581. The van der Waals surface area contributed by atoms with E-state index in [2.05, 4.69) is 29.8 Å². The van der Waals surface area contributed by atoms with E-state index in [1.54, 1.807) is 12.0 Å². The molecule has 7 heteroatoms. The van der Waals surface area contributed by atoms with E-state index in [1.807, 2.05) is 18.3 Å². The fourth-order valence-corrected chi connectivity index (χ4v) is 6.26. The highest BCUT2D eigenvalue weighted by Gasteiger charge is 2.48. The maximum Gasteiger partial charge on any atom is 0.333 e. The molecule has 6 nitrogen and oxygen atoms in total. The van der Waals surface area contributed by atoms with Crippen molar-refractivity contribution < 1.29 is 23.2 Å². The Hall–Kier alpha value is -1.56. The van der Waals surface area contributed by atoms with Gasteiger partial charge in [-0.25, -0.2) is 0 Å². The molecule has 4 saturated heterocycles. The van der Waals surface area contributed by atoms with Crippen LogP contribution in [-0.4, -0.2) is 44.4 Å². The largest absolute Gasteiger partial charge is 0.497 e. The van der Waals surface area contributed by atoms with Gasteiger partial charge in [0.05, 0.1) is 38.9 Å². The molecule has 0 radical (unpaired) electrons. The standard InChI is InChI=1S/C22H27N2O4P/c1-3-15-14-24-9-7-16(15)12-21(24)22(28-29-26-10-11-27-29)18-6-8-23-20-5-4-17(25-2)13-19(18)20/h3-6,8,13,15-16,21-22H,1,7,9-12,14H2,2H3/p+1/t15-,16+,21-,22-/m0/s1. The minimum Gasteiger partial charge on any atom is -0.497 e. The van der Waals surface area contributed by atoms with Crippen LogP contribution in [-0.2, 0) is 13.6 Å². The smallest absolute Gasteiger partial charge is 0.333 e. The van der Waals surface area contributed by atoms with Crippen molar-refractivity contribution in [2.75, 3.05) is 33.4 Å². The average Bonchev–Trinajstić information content (AvgIpc) is 3.30. The van der Waals surface area contributed by atoms with Crippen molar-refractivity contribution in [2.45, 2.75) is 25.0 Å².